The number of urea groups is 1. The smallest absolute Gasteiger partial charge is 0.331 e. The van der Waals surface area contributed by atoms with Crippen molar-refractivity contribution in [3.05, 3.63) is 35.0 Å². The van der Waals surface area contributed by atoms with Crippen molar-refractivity contribution in [3.8, 4) is 0 Å². The molecule has 1 aromatic heterocycles. The minimum atomic E-state index is -0.498. The second kappa shape index (κ2) is 6.49. The lowest BCUT2D eigenvalue weighted by Gasteiger charge is -2.12. The van der Waals surface area contributed by atoms with Gasteiger partial charge in [0.25, 0.3) is 0 Å². The predicted molar refractivity (Wildman–Crippen MR) is 59.3 cm³/mol. The summed E-state index contributed by atoms with van der Waals surface area (Å²) in [5.74, 6) is 0. The van der Waals surface area contributed by atoms with E-state index in [1.165, 1.54) is 0 Å². The van der Waals surface area contributed by atoms with Crippen molar-refractivity contribution in [1.29, 1.82) is 0 Å². The molecule has 0 radical (unpaired) electrons. The Kier molecular flexibility index (Phi) is 4.91. The normalized spacial score (nSPS) is 9.56. The maximum Gasteiger partial charge on any atom is 0.340 e. The van der Waals surface area contributed by atoms with Crippen LogP contribution in [0.3, 0.4) is 0 Å². The Hall–Kier alpha value is -1.98. The number of hydrogen-bond acceptors (Lipinski definition) is 4. The minimum Gasteiger partial charge on any atom is -0.331 e. The summed E-state index contributed by atoms with van der Waals surface area (Å²) >= 11 is 0. The molecule has 2 amide bonds. The number of hydrogen-bond donors (Lipinski definition) is 1. The number of nitroso groups, excluding NO2 is 1. The molecule has 0 atom stereocenters. The van der Waals surface area contributed by atoms with Gasteiger partial charge in [-0.3, -0.25) is 4.98 Å². The fraction of sp³-hybridized carbons (Fsp3) is 0.400. The highest BCUT2D eigenvalue weighted by Gasteiger charge is 2.11. The van der Waals surface area contributed by atoms with E-state index in [1.807, 2.05) is 13.0 Å². The van der Waals surface area contributed by atoms with Gasteiger partial charge in [-0.2, -0.15) is 5.01 Å². The number of carbonyl (C=O) groups excluding carboxylic acids is 1. The number of rotatable bonds is 5. The molecular formula is C10H14N4O2. The highest BCUT2D eigenvalue weighted by Crippen LogP contribution is 1.96. The third-order valence-electron chi connectivity index (χ3n) is 1.92. The van der Waals surface area contributed by atoms with Crippen LogP contribution in [0.2, 0.25) is 0 Å². The quantitative estimate of drug-likeness (QED) is 0.608. The Labute approximate surface area is 93.6 Å². The molecule has 6 heteroatoms. The lowest BCUT2D eigenvalue weighted by atomic mass is 10.3. The molecule has 0 spiro atoms. The van der Waals surface area contributed by atoms with Gasteiger partial charge in [-0.15, -0.1) is 4.91 Å². The monoisotopic (exact) mass is 222 g/mol. The molecule has 1 heterocycles. The summed E-state index contributed by atoms with van der Waals surface area (Å²) < 4.78 is 0. The van der Waals surface area contributed by atoms with Crippen molar-refractivity contribution in [1.82, 2.24) is 15.3 Å². The molecule has 0 aliphatic rings. The van der Waals surface area contributed by atoms with E-state index in [0.29, 0.717) is 13.0 Å². The lowest BCUT2D eigenvalue weighted by molar-refractivity contribution is 0.198. The van der Waals surface area contributed by atoms with Crippen LogP contribution in [-0.4, -0.2) is 22.6 Å². The molecule has 0 bridgehead atoms. The molecule has 0 saturated carbocycles. The number of nitrogens with zero attached hydrogens (tertiary/aromatic N) is 3. The molecule has 1 aromatic rings. The van der Waals surface area contributed by atoms with Gasteiger partial charge >= 0.3 is 6.03 Å². The molecule has 0 aliphatic heterocycles. The van der Waals surface area contributed by atoms with E-state index in [9.17, 15) is 9.70 Å². The first-order chi connectivity index (χ1) is 7.77. The van der Waals surface area contributed by atoms with Crippen LogP contribution in [-0.2, 0) is 6.54 Å². The molecule has 0 saturated heterocycles. The van der Waals surface area contributed by atoms with Gasteiger partial charge < -0.3 is 5.32 Å². The van der Waals surface area contributed by atoms with E-state index in [0.717, 1.165) is 10.7 Å². The van der Waals surface area contributed by atoms with Crippen molar-refractivity contribution in [2.75, 3.05) is 6.54 Å². The van der Waals surface area contributed by atoms with E-state index < -0.39 is 6.03 Å². The third-order valence-corrected chi connectivity index (χ3v) is 1.92. The molecule has 16 heavy (non-hydrogen) atoms. The fourth-order valence-corrected chi connectivity index (χ4v) is 1.15. The second-order valence-corrected chi connectivity index (χ2v) is 3.18. The zero-order valence-corrected chi connectivity index (χ0v) is 9.09. The molecule has 86 valence electrons. The highest BCUT2D eigenvalue weighted by atomic mass is 16.3. The molecule has 6 nitrogen and oxygen atoms in total. The maximum atomic E-state index is 11.4. The van der Waals surface area contributed by atoms with Crippen LogP contribution in [0.4, 0.5) is 4.79 Å². The minimum absolute atomic E-state index is 0.287. The maximum absolute atomic E-state index is 11.4. The van der Waals surface area contributed by atoms with E-state index in [2.05, 4.69) is 15.6 Å². The molecule has 0 aromatic carbocycles. The van der Waals surface area contributed by atoms with E-state index in [-0.39, 0.29) is 6.54 Å². The first-order valence-electron chi connectivity index (χ1n) is 5.06. The van der Waals surface area contributed by atoms with Crippen molar-refractivity contribution >= 4 is 6.03 Å². The van der Waals surface area contributed by atoms with Gasteiger partial charge in [0, 0.05) is 12.7 Å². The van der Waals surface area contributed by atoms with Crippen LogP contribution >= 0.6 is 0 Å². The van der Waals surface area contributed by atoms with Gasteiger partial charge in [0.05, 0.1) is 17.5 Å². The zero-order valence-electron chi connectivity index (χ0n) is 9.09. The topological polar surface area (TPSA) is 74.7 Å². The van der Waals surface area contributed by atoms with Gasteiger partial charge in [-0.05, 0) is 18.6 Å². The second-order valence-electron chi connectivity index (χ2n) is 3.18. The van der Waals surface area contributed by atoms with Crippen LogP contribution < -0.4 is 5.32 Å². The Balaban J connectivity index is 2.42. The molecular weight excluding hydrogens is 208 g/mol. The summed E-state index contributed by atoms with van der Waals surface area (Å²) in [6.45, 7) is 2.47. The summed E-state index contributed by atoms with van der Waals surface area (Å²) in [6.07, 6.45) is 2.33. The largest absolute Gasteiger partial charge is 0.340 e. The number of carbonyl (C=O) groups is 1. The average molecular weight is 222 g/mol. The van der Waals surface area contributed by atoms with Gasteiger partial charge in [-0.25, -0.2) is 4.79 Å². The van der Waals surface area contributed by atoms with Crippen molar-refractivity contribution < 1.29 is 4.79 Å². The van der Waals surface area contributed by atoms with Crippen LogP contribution in [0.1, 0.15) is 19.0 Å². The van der Waals surface area contributed by atoms with Crippen molar-refractivity contribution in [3.63, 3.8) is 0 Å². The van der Waals surface area contributed by atoms with Gasteiger partial charge in [0.15, 0.2) is 0 Å². The van der Waals surface area contributed by atoms with Crippen LogP contribution in [0, 0.1) is 4.91 Å². The standard InChI is InChI=1S/C10H14N4O2/c1-2-7-14(13-16)10(15)12-8-9-5-3-4-6-11-9/h3-6H,2,7-8H2,1H3,(H,12,15). The van der Waals surface area contributed by atoms with Crippen LogP contribution in [0.5, 0.6) is 0 Å². The first kappa shape index (κ1) is 12.1. The Morgan fingerprint density at radius 1 is 1.56 bits per heavy atom. The molecule has 0 fully saturated rings. The SMILES string of the molecule is CCCN(N=O)C(=O)NCc1ccccn1. The Morgan fingerprint density at radius 3 is 2.94 bits per heavy atom. The molecule has 1 rings (SSSR count). The lowest BCUT2D eigenvalue weighted by Crippen LogP contribution is -2.36. The number of pyridine rings is 1. The summed E-state index contributed by atoms with van der Waals surface area (Å²) in [4.78, 5) is 25.8. The van der Waals surface area contributed by atoms with E-state index in [1.54, 1.807) is 18.3 Å². The summed E-state index contributed by atoms with van der Waals surface area (Å²) in [6, 6.07) is 4.92. The highest BCUT2D eigenvalue weighted by molar-refractivity contribution is 5.73. The Morgan fingerprint density at radius 2 is 2.38 bits per heavy atom. The number of nitrogens with one attached hydrogen (secondary N) is 1. The summed E-state index contributed by atoms with van der Waals surface area (Å²) in [5, 5.41) is 6.07. The van der Waals surface area contributed by atoms with Crippen molar-refractivity contribution in [2.24, 2.45) is 5.29 Å². The fourth-order valence-electron chi connectivity index (χ4n) is 1.15. The Bertz CT molecular complexity index is 342. The molecule has 0 unspecified atom stereocenters. The first-order valence-corrected chi connectivity index (χ1v) is 5.06. The van der Waals surface area contributed by atoms with E-state index >= 15 is 0 Å². The summed E-state index contributed by atoms with van der Waals surface area (Å²) in [5.41, 5.74) is 0.734. The third kappa shape index (κ3) is 3.64. The zero-order chi connectivity index (χ0) is 11.8. The van der Waals surface area contributed by atoms with Crippen molar-refractivity contribution in [2.45, 2.75) is 19.9 Å². The van der Waals surface area contributed by atoms with Gasteiger partial charge in [0.2, 0.25) is 0 Å². The van der Waals surface area contributed by atoms with E-state index in [4.69, 9.17) is 0 Å². The van der Waals surface area contributed by atoms with Gasteiger partial charge in [0.1, 0.15) is 0 Å². The number of amides is 2. The van der Waals surface area contributed by atoms with Crippen LogP contribution in [0.25, 0.3) is 0 Å². The molecule has 1 N–H and O–H groups in total. The predicted octanol–water partition coefficient (Wildman–Crippen LogP) is 1.68. The summed E-state index contributed by atoms with van der Waals surface area (Å²) in [7, 11) is 0. The van der Waals surface area contributed by atoms with Gasteiger partial charge in [-0.1, -0.05) is 13.0 Å². The average Bonchev–Trinajstić information content (AvgIpc) is 2.34. The molecule has 0 aliphatic carbocycles. The number of aromatic nitrogens is 1. The van der Waals surface area contributed by atoms with Crippen LogP contribution in [0.15, 0.2) is 29.7 Å².